The first-order valence-electron chi connectivity index (χ1n) is 19.3. The monoisotopic (exact) mass is 726 g/mol. The quantitative estimate of drug-likeness (QED) is 0.171. The number of aromatic nitrogens is 2. The number of benzene rings is 9. The first-order chi connectivity index (χ1) is 28.2. The van der Waals surface area contributed by atoms with Gasteiger partial charge in [-0.1, -0.05) is 146 Å². The normalized spacial score (nSPS) is 11.5. The van der Waals surface area contributed by atoms with Gasteiger partial charge in [-0.25, -0.2) is 9.97 Å². The summed E-state index contributed by atoms with van der Waals surface area (Å²) in [4.78, 5) is 10.6. The molecule has 0 N–H and O–H groups in total. The molecule has 3 nitrogen and oxygen atoms in total. The van der Waals surface area contributed by atoms with Gasteiger partial charge in [-0.05, 0) is 116 Å². The molecule has 0 aliphatic carbocycles. The van der Waals surface area contributed by atoms with Crippen LogP contribution in [0.4, 0.5) is 0 Å². The molecule has 57 heavy (non-hydrogen) atoms. The van der Waals surface area contributed by atoms with E-state index in [-0.39, 0.29) is 0 Å². The molecular weight excluding hydrogens is 693 g/mol. The van der Waals surface area contributed by atoms with Gasteiger partial charge in [0.25, 0.3) is 0 Å². The smallest absolute Gasteiger partial charge is 0.160 e. The van der Waals surface area contributed by atoms with Crippen LogP contribution in [0.2, 0.25) is 0 Å². The summed E-state index contributed by atoms with van der Waals surface area (Å²) in [6.45, 7) is 0. The lowest BCUT2D eigenvalue weighted by molar-refractivity contribution is 0.669. The van der Waals surface area contributed by atoms with E-state index in [1.807, 2.05) is 18.2 Å². The van der Waals surface area contributed by atoms with Crippen LogP contribution in [-0.2, 0) is 0 Å². The number of furan rings is 1. The zero-order valence-corrected chi connectivity index (χ0v) is 30.9. The van der Waals surface area contributed by atoms with Crippen LogP contribution < -0.4 is 0 Å². The summed E-state index contributed by atoms with van der Waals surface area (Å²) in [6, 6.07) is 73.0. The minimum absolute atomic E-state index is 0.679. The fourth-order valence-electron chi connectivity index (χ4n) is 8.07. The number of hydrogen-bond donors (Lipinski definition) is 0. The van der Waals surface area contributed by atoms with E-state index < -0.39 is 0 Å². The average molecular weight is 727 g/mol. The van der Waals surface area contributed by atoms with E-state index in [1.165, 1.54) is 21.5 Å². The van der Waals surface area contributed by atoms with Crippen molar-refractivity contribution in [1.29, 1.82) is 0 Å². The molecule has 3 heteroatoms. The number of para-hydroxylation sites is 1. The molecular formula is C54H34N2O. The van der Waals surface area contributed by atoms with E-state index in [0.717, 1.165) is 83.4 Å². The summed E-state index contributed by atoms with van der Waals surface area (Å²) in [5.74, 6) is 0.679. The molecule has 2 heterocycles. The van der Waals surface area contributed by atoms with E-state index in [1.54, 1.807) is 0 Å². The fourth-order valence-corrected chi connectivity index (χ4v) is 8.07. The molecule has 0 bridgehead atoms. The summed E-state index contributed by atoms with van der Waals surface area (Å²) in [7, 11) is 0. The molecule has 0 aliphatic heterocycles. The Morgan fingerprint density at radius 1 is 0.263 bits per heavy atom. The van der Waals surface area contributed by atoms with Gasteiger partial charge in [0.05, 0.1) is 11.4 Å². The Morgan fingerprint density at radius 2 is 0.754 bits per heavy atom. The van der Waals surface area contributed by atoms with Crippen molar-refractivity contribution < 1.29 is 4.42 Å². The third kappa shape index (κ3) is 6.12. The van der Waals surface area contributed by atoms with Crippen molar-refractivity contribution >= 4 is 43.5 Å². The predicted molar refractivity (Wildman–Crippen MR) is 237 cm³/mol. The number of rotatable bonds is 6. The Balaban J connectivity index is 1.10. The molecule has 266 valence electrons. The first-order valence-corrected chi connectivity index (χ1v) is 19.3. The maximum absolute atomic E-state index is 6.22. The van der Waals surface area contributed by atoms with Crippen LogP contribution in [0.1, 0.15) is 0 Å². The molecule has 0 saturated carbocycles. The van der Waals surface area contributed by atoms with Gasteiger partial charge in [0.2, 0.25) is 0 Å². The Bertz CT molecular complexity index is 3310. The van der Waals surface area contributed by atoms with Crippen LogP contribution in [0, 0.1) is 0 Å². The van der Waals surface area contributed by atoms with Crippen molar-refractivity contribution in [2.75, 3.05) is 0 Å². The topological polar surface area (TPSA) is 38.9 Å². The van der Waals surface area contributed by atoms with Crippen molar-refractivity contribution in [3.63, 3.8) is 0 Å². The molecule has 9 aromatic carbocycles. The summed E-state index contributed by atoms with van der Waals surface area (Å²) < 4.78 is 6.22. The largest absolute Gasteiger partial charge is 0.456 e. The lowest BCUT2D eigenvalue weighted by Crippen LogP contribution is -1.97. The Kier molecular flexibility index (Phi) is 7.82. The first kappa shape index (κ1) is 32.8. The van der Waals surface area contributed by atoms with Crippen LogP contribution in [0.3, 0.4) is 0 Å². The van der Waals surface area contributed by atoms with Crippen molar-refractivity contribution in [1.82, 2.24) is 9.97 Å². The van der Waals surface area contributed by atoms with Gasteiger partial charge >= 0.3 is 0 Å². The molecule has 0 radical (unpaired) electrons. The molecule has 0 spiro atoms. The lowest BCUT2D eigenvalue weighted by Gasteiger charge is -2.14. The van der Waals surface area contributed by atoms with E-state index in [9.17, 15) is 0 Å². The molecule has 11 rings (SSSR count). The maximum Gasteiger partial charge on any atom is 0.160 e. The van der Waals surface area contributed by atoms with Gasteiger partial charge in [-0.15, -0.1) is 0 Å². The predicted octanol–water partition coefficient (Wildman–Crippen LogP) is 14.7. The fraction of sp³-hybridized carbons (Fsp3) is 0. The molecule has 2 aromatic heterocycles. The van der Waals surface area contributed by atoms with Crippen molar-refractivity contribution in [3.05, 3.63) is 206 Å². The van der Waals surface area contributed by atoms with Crippen molar-refractivity contribution in [2.45, 2.75) is 0 Å². The highest BCUT2D eigenvalue weighted by molar-refractivity contribution is 6.06. The van der Waals surface area contributed by atoms with E-state index in [4.69, 9.17) is 14.4 Å². The second-order valence-electron chi connectivity index (χ2n) is 14.6. The number of fused-ring (bicyclic) bond motifs is 5. The number of hydrogen-bond acceptors (Lipinski definition) is 3. The Hall–Kier alpha value is -7.62. The molecule has 0 saturated heterocycles. The van der Waals surface area contributed by atoms with Gasteiger partial charge in [0.15, 0.2) is 5.82 Å². The van der Waals surface area contributed by atoms with E-state index in [2.05, 4.69) is 188 Å². The second kappa shape index (κ2) is 13.6. The number of nitrogens with zero attached hydrogens (tertiary/aromatic N) is 2. The summed E-state index contributed by atoms with van der Waals surface area (Å²) in [6.07, 6.45) is 0. The highest BCUT2D eigenvalue weighted by Crippen LogP contribution is 2.38. The van der Waals surface area contributed by atoms with Crippen LogP contribution in [-0.4, -0.2) is 9.97 Å². The molecule has 11 aromatic rings. The Labute approximate surface area is 330 Å². The maximum atomic E-state index is 6.22. The third-order valence-electron chi connectivity index (χ3n) is 11.0. The highest BCUT2D eigenvalue weighted by atomic mass is 16.3. The van der Waals surface area contributed by atoms with Crippen molar-refractivity contribution in [3.8, 4) is 67.3 Å². The summed E-state index contributed by atoms with van der Waals surface area (Å²) >= 11 is 0. The molecule has 0 unspecified atom stereocenters. The van der Waals surface area contributed by atoms with Gasteiger partial charge < -0.3 is 4.42 Å². The van der Waals surface area contributed by atoms with Crippen molar-refractivity contribution in [2.24, 2.45) is 0 Å². The SMILES string of the molecule is c1ccc(-c2cc(-c3cc(-c4ccc5ccccc5c4)cc(-c4ccc5oc6ccccc6c5c4)c3)nc(-c3cccc(-c4ccc5ccccc5c4)c3)n2)cc1. The molecule has 0 amide bonds. The van der Waals surface area contributed by atoms with Gasteiger partial charge in [-0.3, -0.25) is 0 Å². The van der Waals surface area contributed by atoms with Gasteiger partial charge in [-0.2, -0.15) is 0 Å². The zero-order valence-electron chi connectivity index (χ0n) is 30.9. The lowest BCUT2D eigenvalue weighted by atomic mass is 9.93. The summed E-state index contributed by atoms with van der Waals surface area (Å²) in [5, 5.41) is 7.07. The second-order valence-corrected chi connectivity index (χ2v) is 14.6. The average Bonchev–Trinajstić information content (AvgIpc) is 3.67. The third-order valence-corrected chi connectivity index (χ3v) is 11.0. The summed E-state index contributed by atoms with van der Waals surface area (Å²) in [5.41, 5.74) is 13.3. The minimum atomic E-state index is 0.679. The van der Waals surface area contributed by atoms with Crippen LogP contribution >= 0.6 is 0 Å². The molecule has 0 aliphatic rings. The standard InChI is InChI=1S/C54H34N2O/c1-2-13-37(14-3-1)50-34-51(56-54(55-50)44-18-10-17-40(29-44)41-23-21-35-11-4-6-15-38(35)27-41)47-31-45(42-24-22-36-12-5-7-16-39(36)28-42)30-46(32-47)43-25-26-53-49(33-43)48-19-8-9-20-52(48)57-53/h1-34H. The van der Waals surface area contributed by atoms with Crippen LogP contribution in [0.25, 0.3) is 111 Å². The molecule has 0 atom stereocenters. The minimum Gasteiger partial charge on any atom is -0.456 e. The zero-order chi connectivity index (χ0) is 37.7. The Morgan fingerprint density at radius 3 is 1.49 bits per heavy atom. The van der Waals surface area contributed by atoms with Gasteiger partial charge in [0, 0.05) is 27.5 Å². The van der Waals surface area contributed by atoms with Crippen LogP contribution in [0.15, 0.2) is 211 Å². The van der Waals surface area contributed by atoms with E-state index in [0.29, 0.717) is 5.82 Å². The van der Waals surface area contributed by atoms with Crippen LogP contribution in [0.5, 0.6) is 0 Å². The highest BCUT2D eigenvalue weighted by Gasteiger charge is 2.16. The van der Waals surface area contributed by atoms with E-state index >= 15 is 0 Å². The molecule has 0 fully saturated rings. The van der Waals surface area contributed by atoms with Gasteiger partial charge in [0.1, 0.15) is 11.2 Å².